The lowest BCUT2D eigenvalue weighted by Gasteiger charge is -2.20. The van der Waals surface area contributed by atoms with Crippen molar-refractivity contribution in [2.75, 3.05) is 38.8 Å². The Morgan fingerprint density at radius 1 is 1.38 bits per heavy atom. The first-order chi connectivity index (χ1) is 7.51. The molecule has 0 saturated heterocycles. The number of ether oxygens (including phenoxy) is 1. The Balaban J connectivity index is 2.69. The molecule has 3 N–H and O–H groups in total. The predicted molar refractivity (Wildman–Crippen MR) is 69.0 cm³/mol. The van der Waals surface area contributed by atoms with Gasteiger partial charge in [-0.05, 0) is 27.1 Å². The third-order valence-electron chi connectivity index (χ3n) is 2.22. The fourth-order valence-electron chi connectivity index (χ4n) is 1.70. The van der Waals surface area contributed by atoms with Gasteiger partial charge in [0.05, 0.1) is 7.11 Å². The highest BCUT2D eigenvalue weighted by molar-refractivity contribution is 5.59. The van der Waals surface area contributed by atoms with Crippen LogP contribution in [0.25, 0.3) is 0 Å². The molecular formula is C12H21N3O. The van der Waals surface area contributed by atoms with Crippen molar-refractivity contribution in [3.63, 3.8) is 0 Å². The van der Waals surface area contributed by atoms with Gasteiger partial charge in [0, 0.05) is 36.1 Å². The van der Waals surface area contributed by atoms with E-state index in [1.807, 2.05) is 18.2 Å². The summed E-state index contributed by atoms with van der Waals surface area (Å²) in [5.41, 5.74) is 7.48. The van der Waals surface area contributed by atoms with Crippen LogP contribution < -0.4 is 15.8 Å². The Morgan fingerprint density at radius 3 is 2.62 bits per heavy atom. The smallest absolute Gasteiger partial charge is 0.122 e. The molecule has 0 bridgehead atoms. The zero-order valence-corrected chi connectivity index (χ0v) is 10.4. The van der Waals surface area contributed by atoms with Gasteiger partial charge in [-0.25, -0.2) is 0 Å². The van der Waals surface area contributed by atoms with Gasteiger partial charge in [0.15, 0.2) is 0 Å². The molecule has 0 saturated carbocycles. The molecule has 0 spiro atoms. The average Bonchev–Trinajstić information content (AvgIpc) is 2.14. The number of hydrogen-bond donors (Lipinski definition) is 2. The molecule has 1 rings (SSSR count). The lowest BCUT2D eigenvalue weighted by Crippen LogP contribution is -2.29. The molecule has 0 aliphatic rings. The Kier molecular flexibility index (Phi) is 4.43. The van der Waals surface area contributed by atoms with Crippen LogP contribution in [0.4, 0.5) is 11.4 Å². The number of hydrogen-bond acceptors (Lipinski definition) is 4. The first kappa shape index (κ1) is 12.6. The van der Waals surface area contributed by atoms with Gasteiger partial charge in [0.25, 0.3) is 0 Å². The van der Waals surface area contributed by atoms with Gasteiger partial charge in [-0.15, -0.1) is 0 Å². The summed E-state index contributed by atoms with van der Waals surface area (Å²) < 4.78 is 5.17. The van der Waals surface area contributed by atoms with Crippen molar-refractivity contribution < 1.29 is 4.74 Å². The molecule has 0 radical (unpaired) electrons. The Labute approximate surface area is 97.4 Å². The predicted octanol–water partition coefficient (Wildman–Crippen LogP) is 1.64. The zero-order valence-electron chi connectivity index (χ0n) is 10.4. The number of benzene rings is 1. The summed E-state index contributed by atoms with van der Waals surface area (Å²) in [6.45, 7) is 3.10. The minimum absolute atomic E-state index is 0.363. The second-order valence-electron chi connectivity index (χ2n) is 4.30. The maximum Gasteiger partial charge on any atom is 0.122 e. The average molecular weight is 223 g/mol. The van der Waals surface area contributed by atoms with Crippen molar-refractivity contribution in [2.45, 2.75) is 13.0 Å². The van der Waals surface area contributed by atoms with Gasteiger partial charge in [-0.2, -0.15) is 0 Å². The van der Waals surface area contributed by atoms with Crippen molar-refractivity contribution >= 4 is 11.4 Å². The number of anilines is 2. The van der Waals surface area contributed by atoms with Crippen LogP contribution in [0, 0.1) is 0 Å². The van der Waals surface area contributed by atoms with E-state index in [-0.39, 0.29) is 0 Å². The van der Waals surface area contributed by atoms with E-state index in [4.69, 9.17) is 10.5 Å². The van der Waals surface area contributed by atoms with Gasteiger partial charge in [-0.3, -0.25) is 0 Å². The van der Waals surface area contributed by atoms with Gasteiger partial charge in [0.2, 0.25) is 0 Å². The van der Waals surface area contributed by atoms with Gasteiger partial charge in [-0.1, -0.05) is 0 Å². The van der Waals surface area contributed by atoms with Gasteiger partial charge in [0.1, 0.15) is 5.75 Å². The molecular weight excluding hydrogens is 202 g/mol. The molecule has 4 nitrogen and oxygen atoms in total. The molecule has 0 aliphatic carbocycles. The minimum Gasteiger partial charge on any atom is -0.497 e. The van der Waals surface area contributed by atoms with Crippen molar-refractivity contribution in [3.8, 4) is 5.75 Å². The Hall–Kier alpha value is -1.42. The lowest BCUT2D eigenvalue weighted by molar-refractivity contribution is 0.392. The summed E-state index contributed by atoms with van der Waals surface area (Å²) in [5.74, 6) is 0.777. The highest BCUT2D eigenvalue weighted by atomic mass is 16.5. The van der Waals surface area contributed by atoms with Crippen LogP contribution >= 0.6 is 0 Å². The van der Waals surface area contributed by atoms with Crippen LogP contribution in [0.5, 0.6) is 5.75 Å². The van der Waals surface area contributed by atoms with E-state index in [0.29, 0.717) is 11.7 Å². The summed E-state index contributed by atoms with van der Waals surface area (Å²) >= 11 is 0. The van der Waals surface area contributed by atoms with E-state index in [2.05, 4.69) is 31.2 Å². The maximum atomic E-state index is 5.78. The lowest BCUT2D eigenvalue weighted by atomic mass is 10.2. The molecule has 0 fully saturated rings. The topological polar surface area (TPSA) is 50.5 Å². The highest BCUT2D eigenvalue weighted by Crippen LogP contribution is 2.22. The van der Waals surface area contributed by atoms with Crippen LogP contribution in [0.1, 0.15) is 6.92 Å². The monoisotopic (exact) mass is 223 g/mol. The normalized spacial score (nSPS) is 12.6. The summed E-state index contributed by atoms with van der Waals surface area (Å²) in [7, 11) is 5.75. The Morgan fingerprint density at radius 2 is 2.06 bits per heavy atom. The van der Waals surface area contributed by atoms with E-state index < -0.39 is 0 Å². The van der Waals surface area contributed by atoms with Crippen LogP contribution in [-0.4, -0.2) is 38.7 Å². The largest absolute Gasteiger partial charge is 0.497 e. The minimum atomic E-state index is 0.363. The first-order valence-electron chi connectivity index (χ1n) is 5.37. The van der Waals surface area contributed by atoms with E-state index in [1.165, 1.54) is 0 Å². The highest BCUT2D eigenvalue weighted by Gasteiger charge is 2.05. The van der Waals surface area contributed by atoms with Gasteiger partial charge < -0.3 is 20.7 Å². The Bertz CT molecular complexity index is 339. The van der Waals surface area contributed by atoms with Crippen LogP contribution in [0.3, 0.4) is 0 Å². The van der Waals surface area contributed by atoms with Crippen LogP contribution in [-0.2, 0) is 0 Å². The number of methoxy groups -OCH3 is 1. The standard InChI is InChI=1S/C12H21N3O/c1-9(8-15(2)3)14-11-5-10(13)6-12(7-11)16-4/h5-7,9,14H,8,13H2,1-4H3. The first-order valence-corrected chi connectivity index (χ1v) is 5.37. The molecule has 4 heteroatoms. The molecule has 1 unspecified atom stereocenters. The molecule has 1 aromatic carbocycles. The molecule has 0 amide bonds. The van der Waals surface area contributed by atoms with Crippen molar-refractivity contribution in [1.29, 1.82) is 0 Å². The zero-order chi connectivity index (χ0) is 12.1. The van der Waals surface area contributed by atoms with Gasteiger partial charge >= 0.3 is 0 Å². The molecule has 1 aromatic rings. The third kappa shape index (κ3) is 3.98. The SMILES string of the molecule is COc1cc(N)cc(NC(C)CN(C)C)c1. The number of rotatable bonds is 5. The summed E-state index contributed by atoms with van der Waals surface area (Å²) in [5, 5.41) is 3.39. The number of likely N-dealkylation sites (N-methyl/N-ethyl adjacent to an activating group) is 1. The second kappa shape index (κ2) is 5.61. The number of nitrogen functional groups attached to an aromatic ring is 1. The summed E-state index contributed by atoms with van der Waals surface area (Å²) in [6, 6.07) is 6.03. The van der Waals surface area contributed by atoms with Crippen molar-refractivity contribution in [1.82, 2.24) is 4.90 Å². The molecule has 0 heterocycles. The van der Waals surface area contributed by atoms with E-state index in [1.54, 1.807) is 7.11 Å². The number of nitrogens with two attached hydrogens (primary N) is 1. The van der Waals surface area contributed by atoms with Crippen LogP contribution in [0.2, 0.25) is 0 Å². The molecule has 0 aliphatic heterocycles. The molecule has 16 heavy (non-hydrogen) atoms. The van der Waals surface area contributed by atoms with E-state index >= 15 is 0 Å². The maximum absolute atomic E-state index is 5.78. The van der Waals surface area contributed by atoms with E-state index in [9.17, 15) is 0 Å². The summed E-state index contributed by atoms with van der Waals surface area (Å²) in [4.78, 5) is 2.14. The number of nitrogens with one attached hydrogen (secondary N) is 1. The van der Waals surface area contributed by atoms with Crippen LogP contribution in [0.15, 0.2) is 18.2 Å². The summed E-state index contributed by atoms with van der Waals surface area (Å²) in [6.07, 6.45) is 0. The fourth-order valence-corrected chi connectivity index (χ4v) is 1.70. The van der Waals surface area contributed by atoms with E-state index in [0.717, 1.165) is 18.0 Å². The second-order valence-corrected chi connectivity index (χ2v) is 4.30. The molecule has 90 valence electrons. The fraction of sp³-hybridized carbons (Fsp3) is 0.500. The molecule has 0 aromatic heterocycles. The molecule has 1 atom stereocenters. The quantitative estimate of drug-likeness (QED) is 0.745. The number of nitrogens with zero attached hydrogens (tertiary/aromatic N) is 1. The third-order valence-corrected chi connectivity index (χ3v) is 2.22. The van der Waals surface area contributed by atoms with Crippen molar-refractivity contribution in [3.05, 3.63) is 18.2 Å². The van der Waals surface area contributed by atoms with Crippen molar-refractivity contribution in [2.24, 2.45) is 0 Å².